The second-order valence-corrected chi connectivity index (χ2v) is 4.93. The molecule has 0 bridgehead atoms. The Labute approximate surface area is 112 Å². The van der Waals surface area contributed by atoms with Crippen molar-refractivity contribution in [3.8, 4) is 0 Å². The van der Waals surface area contributed by atoms with E-state index in [0.717, 1.165) is 19.5 Å². The Morgan fingerprint density at radius 2 is 2.37 bits per heavy atom. The van der Waals surface area contributed by atoms with Gasteiger partial charge in [0.2, 0.25) is 0 Å². The summed E-state index contributed by atoms with van der Waals surface area (Å²) in [6.07, 6.45) is 2.49. The molecular formula is C13H19N3O3. The van der Waals surface area contributed by atoms with Crippen LogP contribution in [0.25, 0.3) is 0 Å². The van der Waals surface area contributed by atoms with Crippen LogP contribution in [0.4, 0.5) is 11.5 Å². The number of nitrogens with two attached hydrogens (primary N) is 1. The second-order valence-electron chi connectivity index (χ2n) is 4.93. The van der Waals surface area contributed by atoms with Gasteiger partial charge >= 0.3 is 5.97 Å². The fourth-order valence-corrected chi connectivity index (χ4v) is 2.39. The highest BCUT2D eigenvalue weighted by molar-refractivity contribution is 5.89. The highest BCUT2D eigenvalue weighted by Crippen LogP contribution is 2.27. The molecule has 2 unspecified atom stereocenters. The normalized spacial score (nSPS) is 23.4. The predicted molar refractivity (Wildman–Crippen MR) is 72.4 cm³/mol. The number of aromatic nitrogens is 1. The molecule has 0 radical (unpaired) electrons. The van der Waals surface area contributed by atoms with Crippen molar-refractivity contribution in [2.75, 3.05) is 30.8 Å². The Balaban J connectivity index is 2.20. The highest BCUT2D eigenvalue weighted by Gasteiger charge is 2.27. The third kappa shape index (κ3) is 2.78. The van der Waals surface area contributed by atoms with Crippen LogP contribution in [0.1, 0.15) is 23.7 Å². The lowest BCUT2D eigenvalue weighted by Crippen LogP contribution is -2.44. The molecule has 1 fully saturated rings. The molecule has 1 aromatic rings. The number of hydrogen-bond acceptors (Lipinski definition) is 5. The van der Waals surface area contributed by atoms with E-state index >= 15 is 0 Å². The molecule has 1 aliphatic heterocycles. The summed E-state index contributed by atoms with van der Waals surface area (Å²) >= 11 is 0. The van der Waals surface area contributed by atoms with E-state index < -0.39 is 5.97 Å². The van der Waals surface area contributed by atoms with Gasteiger partial charge in [-0.15, -0.1) is 0 Å². The number of anilines is 2. The lowest BCUT2D eigenvalue weighted by molar-refractivity contribution is 0.0497. The van der Waals surface area contributed by atoms with E-state index in [1.807, 2.05) is 0 Å². The summed E-state index contributed by atoms with van der Waals surface area (Å²) in [4.78, 5) is 17.1. The van der Waals surface area contributed by atoms with E-state index in [0.29, 0.717) is 17.4 Å². The van der Waals surface area contributed by atoms with Crippen LogP contribution in [0.2, 0.25) is 0 Å². The summed E-state index contributed by atoms with van der Waals surface area (Å²) in [5.41, 5.74) is 6.40. The molecule has 0 spiro atoms. The fourth-order valence-electron chi connectivity index (χ4n) is 2.39. The Kier molecular flexibility index (Phi) is 3.90. The van der Waals surface area contributed by atoms with E-state index in [2.05, 4.69) is 16.8 Å². The maximum atomic E-state index is 10.9. The van der Waals surface area contributed by atoms with Crippen LogP contribution in [0.5, 0.6) is 0 Å². The van der Waals surface area contributed by atoms with Gasteiger partial charge in [-0.2, -0.15) is 0 Å². The molecule has 2 atom stereocenters. The molecule has 1 saturated heterocycles. The van der Waals surface area contributed by atoms with Gasteiger partial charge in [-0.05, 0) is 18.4 Å². The van der Waals surface area contributed by atoms with Crippen molar-refractivity contribution >= 4 is 17.5 Å². The quantitative estimate of drug-likeness (QED) is 0.854. The van der Waals surface area contributed by atoms with Gasteiger partial charge in [0, 0.05) is 26.4 Å². The van der Waals surface area contributed by atoms with Crippen molar-refractivity contribution in [1.29, 1.82) is 0 Å². The molecule has 6 nitrogen and oxygen atoms in total. The zero-order valence-corrected chi connectivity index (χ0v) is 11.2. The van der Waals surface area contributed by atoms with Crippen molar-refractivity contribution in [3.05, 3.63) is 17.8 Å². The van der Waals surface area contributed by atoms with E-state index in [9.17, 15) is 4.79 Å². The van der Waals surface area contributed by atoms with Gasteiger partial charge in [0.25, 0.3) is 0 Å². The lowest BCUT2D eigenvalue weighted by Gasteiger charge is -2.37. The molecule has 0 aromatic carbocycles. The van der Waals surface area contributed by atoms with Gasteiger partial charge < -0.3 is 20.5 Å². The third-order valence-corrected chi connectivity index (χ3v) is 3.63. The largest absolute Gasteiger partial charge is 0.478 e. The van der Waals surface area contributed by atoms with Gasteiger partial charge in [-0.25, -0.2) is 9.78 Å². The van der Waals surface area contributed by atoms with E-state index in [1.54, 1.807) is 7.11 Å². The SMILES string of the molecule is COC1CN(c2ncc(C(=O)O)cc2N)CCC1C. The van der Waals surface area contributed by atoms with Crippen LogP contribution in [0.15, 0.2) is 12.3 Å². The first kappa shape index (κ1) is 13.6. The Bertz CT molecular complexity index is 478. The van der Waals surface area contributed by atoms with Gasteiger partial charge in [0.15, 0.2) is 5.82 Å². The zero-order chi connectivity index (χ0) is 14.0. The standard InChI is InChI=1S/C13H19N3O3/c1-8-3-4-16(7-11(8)19-2)12-10(14)5-9(6-15-12)13(17)18/h5-6,8,11H,3-4,7,14H2,1-2H3,(H,17,18). The topological polar surface area (TPSA) is 88.7 Å². The summed E-state index contributed by atoms with van der Waals surface area (Å²) in [5.74, 6) is 0.118. The van der Waals surface area contributed by atoms with Crippen molar-refractivity contribution in [1.82, 2.24) is 4.98 Å². The molecule has 1 aliphatic rings. The van der Waals surface area contributed by atoms with Crippen molar-refractivity contribution in [2.45, 2.75) is 19.4 Å². The molecule has 19 heavy (non-hydrogen) atoms. The summed E-state index contributed by atoms with van der Waals surface area (Å²) in [6.45, 7) is 3.74. The highest BCUT2D eigenvalue weighted by atomic mass is 16.5. The molecule has 6 heteroatoms. The van der Waals surface area contributed by atoms with Crippen molar-refractivity contribution in [3.63, 3.8) is 0 Å². The van der Waals surface area contributed by atoms with Crippen LogP contribution in [-0.2, 0) is 4.74 Å². The summed E-state index contributed by atoms with van der Waals surface area (Å²) in [6, 6.07) is 1.45. The van der Waals surface area contributed by atoms with Gasteiger partial charge in [-0.3, -0.25) is 0 Å². The number of aromatic carboxylic acids is 1. The number of rotatable bonds is 3. The summed E-state index contributed by atoms with van der Waals surface area (Å²) in [7, 11) is 1.70. The first-order valence-electron chi connectivity index (χ1n) is 6.29. The minimum absolute atomic E-state index is 0.106. The molecule has 1 aromatic heterocycles. The number of nitrogens with zero attached hydrogens (tertiary/aromatic N) is 2. The smallest absolute Gasteiger partial charge is 0.337 e. The predicted octanol–water partition coefficient (Wildman–Crippen LogP) is 1.22. The molecule has 2 heterocycles. The van der Waals surface area contributed by atoms with Crippen LogP contribution >= 0.6 is 0 Å². The van der Waals surface area contributed by atoms with Crippen LogP contribution < -0.4 is 10.6 Å². The number of ether oxygens (including phenoxy) is 1. The second kappa shape index (κ2) is 5.44. The number of methoxy groups -OCH3 is 1. The Morgan fingerprint density at radius 1 is 1.63 bits per heavy atom. The maximum Gasteiger partial charge on any atom is 0.337 e. The van der Waals surface area contributed by atoms with Crippen molar-refractivity contribution < 1.29 is 14.6 Å². The molecule has 3 N–H and O–H groups in total. The monoisotopic (exact) mass is 265 g/mol. The molecule has 0 aliphatic carbocycles. The lowest BCUT2D eigenvalue weighted by atomic mass is 9.96. The van der Waals surface area contributed by atoms with Gasteiger partial charge in [-0.1, -0.05) is 6.92 Å². The van der Waals surface area contributed by atoms with Gasteiger partial charge in [0.05, 0.1) is 17.4 Å². The average molecular weight is 265 g/mol. The minimum atomic E-state index is -1.02. The van der Waals surface area contributed by atoms with E-state index in [1.165, 1.54) is 12.3 Å². The Hall–Kier alpha value is -1.82. The number of hydrogen-bond donors (Lipinski definition) is 2. The van der Waals surface area contributed by atoms with Crippen LogP contribution in [0.3, 0.4) is 0 Å². The number of pyridine rings is 1. The summed E-state index contributed by atoms with van der Waals surface area (Å²) in [5, 5.41) is 8.90. The number of carboxylic acid groups (broad SMARTS) is 1. The first-order valence-corrected chi connectivity index (χ1v) is 6.29. The van der Waals surface area contributed by atoms with E-state index in [-0.39, 0.29) is 11.7 Å². The van der Waals surface area contributed by atoms with Gasteiger partial charge in [0.1, 0.15) is 0 Å². The number of nitrogen functional groups attached to an aromatic ring is 1. The fraction of sp³-hybridized carbons (Fsp3) is 0.538. The average Bonchev–Trinajstić information content (AvgIpc) is 2.39. The molecule has 104 valence electrons. The third-order valence-electron chi connectivity index (χ3n) is 3.63. The molecule has 0 saturated carbocycles. The Morgan fingerprint density at radius 3 is 2.95 bits per heavy atom. The molecule has 2 rings (SSSR count). The van der Waals surface area contributed by atoms with Crippen molar-refractivity contribution in [2.24, 2.45) is 5.92 Å². The maximum absolute atomic E-state index is 10.9. The molecule has 0 amide bonds. The number of carboxylic acids is 1. The minimum Gasteiger partial charge on any atom is -0.478 e. The number of carbonyl (C=O) groups is 1. The van der Waals surface area contributed by atoms with Crippen LogP contribution in [0, 0.1) is 5.92 Å². The summed E-state index contributed by atoms with van der Waals surface area (Å²) < 4.78 is 5.45. The molecular weight excluding hydrogens is 246 g/mol. The van der Waals surface area contributed by atoms with Crippen LogP contribution in [-0.4, -0.2) is 42.4 Å². The zero-order valence-electron chi connectivity index (χ0n) is 11.2. The van der Waals surface area contributed by atoms with E-state index in [4.69, 9.17) is 15.6 Å². The number of piperidine rings is 1. The first-order chi connectivity index (χ1) is 9.02.